The van der Waals surface area contributed by atoms with Crippen LogP contribution in [0.5, 0.6) is 5.75 Å². The molecule has 2 aromatic rings. The minimum Gasteiger partial charge on any atom is -0.612 e. The highest BCUT2D eigenvalue weighted by Crippen LogP contribution is 2.44. The van der Waals surface area contributed by atoms with Gasteiger partial charge in [-0.1, -0.05) is 6.07 Å². The third-order valence-electron chi connectivity index (χ3n) is 4.55. The predicted molar refractivity (Wildman–Crippen MR) is 104 cm³/mol. The van der Waals surface area contributed by atoms with Crippen LogP contribution >= 0.6 is 0 Å². The minimum absolute atomic E-state index is 0.0307. The lowest BCUT2D eigenvalue weighted by Crippen LogP contribution is -1.97. The van der Waals surface area contributed by atoms with Crippen molar-refractivity contribution >= 4 is 34.4 Å². The lowest BCUT2D eigenvalue weighted by Gasteiger charge is -2.07. The Morgan fingerprint density at radius 2 is 1.88 bits per heavy atom. The maximum absolute atomic E-state index is 11.5. The van der Waals surface area contributed by atoms with Gasteiger partial charge in [0.25, 0.3) is 0 Å². The third-order valence-corrected chi connectivity index (χ3v) is 5.49. The van der Waals surface area contributed by atoms with Crippen LogP contribution in [-0.4, -0.2) is 29.0 Å². The summed E-state index contributed by atoms with van der Waals surface area (Å²) in [6.07, 6.45) is 3.66. The number of methoxy groups -OCH3 is 1. The molecule has 0 saturated heterocycles. The Labute approximate surface area is 156 Å². The van der Waals surface area contributed by atoms with Gasteiger partial charge in [0.1, 0.15) is 12.0 Å². The van der Waals surface area contributed by atoms with Gasteiger partial charge < -0.3 is 14.4 Å². The molecule has 0 aliphatic heterocycles. The number of carbonyl (C=O) groups is 1. The number of fused-ring (bicyclic) bond motifs is 1. The molecule has 4 nitrogen and oxygen atoms in total. The number of rotatable bonds is 5. The van der Waals surface area contributed by atoms with Crippen molar-refractivity contribution in [2.45, 2.75) is 18.2 Å². The van der Waals surface area contributed by atoms with E-state index in [1.165, 1.54) is 0 Å². The van der Waals surface area contributed by atoms with E-state index in [1.807, 2.05) is 55.5 Å². The van der Waals surface area contributed by atoms with Crippen LogP contribution in [0.1, 0.15) is 30.0 Å². The van der Waals surface area contributed by atoms with Gasteiger partial charge >= 0.3 is 5.97 Å². The average molecular weight is 368 g/mol. The monoisotopic (exact) mass is 368 g/mol. The number of hydrogen-bond donors (Lipinski definition) is 1. The van der Waals surface area contributed by atoms with E-state index in [9.17, 15) is 14.5 Å². The Balaban J connectivity index is 2.09. The molecule has 1 aliphatic rings. The van der Waals surface area contributed by atoms with Crippen LogP contribution < -0.4 is 4.74 Å². The van der Waals surface area contributed by atoms with Gasteiger partial charge in [-0.15, -0.1) is 0 Å². The van der Waals surface area contributed by atoms with E-state index in [4.69, 9.17) is 4.74 Å². The summed E-state index contributed by atoms with van der Waals surface area (Å²) in [5.74, 6) is -0.153. The number of carboxylic acid groups (broad SMARTS) is 1. The second-order valence-electron chi connectivity index (χ2n) is 6.17. The van der Waals surface area contributed by atoms with Gasteiger partial charge in [-0.05, 0) is 94.0 Å². The molecule has 0 aromatic heterocycles. The topological polar surface area (TPSA) is 69.6 Å². The van der Waals surface area contributed by atoms with E-state index < -0.39 is 17.1 Å². The summed E-state index contributed by atoms with van der Waals surface area (Å²) in [4.78, 5) is 12.1. The Morgan fingerprint density at radius 3 is 2.46 bits per heavy atom. The van der Waals surface area contributed by atoms with Crippen molar-refractivity contribution < 1.29 is 19.2 Å². The standard InChI is InChI=1S/C21H20O4S/c1-13-18(10-14-4-7-16(8-5-14)26(3)24)17-9-6-15(25-2)11-20(17)19(13)12-21(22)23/h4-11H,12H2,1-3H3,(H,22,23)/b18-10+. The summed E-state index contributed by atoms with van der Waals surface area (Å²) in [5, 5.41) is 9.29. The quantitative estimate of drug-likeness (QED) is 0.802. The fourth-order valence-corrected chi connectivity index (χ4v) is 3.71. The van der Waals surface area contributed by atoms with Crippen molar-refractivity contribution in [3.63, 3.8) is 0 Å². The fourth-order valence-electron chi connectivity index (χ4n) is 3.19. The van der Waals surface area contributed by atoms with Gasteiger partial charge in [-0.2, -0.15) is 0 Å². The molecule has 1 aliphatic carbocycles. The Hall–Kier alpha value is -2.50. The van der Waals surface area contributed by atoms with Crippen LogP contribution in [0, 0.1) is 0 Å². The van der Waals surface area contributed by atoms with Gasteiger partial charge in [0.15, 0.2) is 4.90 Å². The molecule has 3 rings (SSSR count). The predicted octanol–water partition coefficient (Wildman–Crippen LogP) is 4.24. The molecule has 0 fully saturated rings. The van der Waals surface area contributed by atoms with Crippen molar-refractivity contribution in [3.8, 4) is 5.75 Å². The zero-order chi connectivity index (χ0) is 18.8. The van der Waals surface area contributed by atoms with E-state index in [-0.39, 0.29) is 6.42 Å². The molecule has 0 amide bonds. The van der Waals surface area contributed by atoms with Gasteiger partial charge in [-0.3, -0.25) is 4.79 Å². The van der Waals surface area contributed by atoms with Gasteiger partial charge in [-0.25, -0.2) is 0 Å². The number of ether oxygens (including phenoxy) is 1. The SMILES string of the molecule is COc1ccc2c(c1)C(CC(=O)O)=C(C)/C2=C\c1ccc([S+](C)[O-])cc1. The second-order valence-corrected chi connectivity index (χ2v) is 7.55. The van der Waals surface area contributed by atoms with E-state index in [2.05, 4.69) is 0 Å². The van der Waals surface area contributed by atoms with E-state index in [1.54, 1.807) is 13.4 Å². The fraction of sp³-hybridized carbons (Fsp3) is 0.190. The van der Waals surface area contributed by atoms with Crippen molar-refractivity contribution in [1.29, 1.82) is 0 Å². The Morgan fingerprint density at radius 1 is 1.19 bits per heavy atom. The zero-order valence-corrected chi connectivity index (χ0v) is 15.7. The first-order valence-corrected chi connectivity index (χ1v) is 9.72. The first kappa shape index (κ1) is 18.3. The van der Waals surface area contributed by atoms with Crippen molar-refractivity contribution in [1.82, 2.24) is 0 Å². The minimum atomic E-state index is -1.01. The molecular formula is C21H20O4S. The lowest BCUT2D eigenvalue weighted by atomic mass is 10.0. The van der Waals surface area contributed by atoms with Gasteiger partial charge in [0, 0.05) is 0 Å². The zero-order valence-electron chi connectivity index (χ0n) is 14.9. The van der Waals surface area contributed by atoms with Crippen molar-refractivity contribution in [2.24, 2.45) is 0 Å². The average Bonchev–Trinajstić information content (AvgIpc) is 2.87. The van der Waals surface area contributed by atoms with Crippen LogP contribution in [-0.2, 0) is 16.0 Å². The van der Waals surface area contributed by atoms with Crippen LogP contribution in [0.15, 0.2) is 52.9 Å². The number of aliphatic carboxylic acids is 1. The molecule has 0 saturated carbocycles. The highest BCUT2D eigenvalue weighted by molar-refractivity contribution is 7.90. The molecule has 0 heterocycles. The highest BCUT2D eigenvalue weighted by atomic mass is 32.2. The molecule has 1 unspecified atom stereocenters. The molecule has 1 N–H and O–H groups in total. The molecule has 134 valence electrons. The Kier molecular flexibility index (Phi) is 5.20. The highest BCUT2D eigenvalue weighted by Gasteiger charge is 2.25. The summed E-state index contributed by atoms with van der Waals surface area (Å²) < 4.78 is 16.8. The van der Waals surface area contributed by atoms with Crippen LogP contribution in [0.4, 0.5) is 0 Å². The number of allylic oxidation sites excluding steroid dienone is 2. The molecule has 0 radical (unpaired) electrons. The number of benzene rings is 2. The number of hydrogen-bond acceptors (Lipinski definition) is 3. The summed E-state index contributed by atoms with van der Waals surface area (Å²) in [6.45, 7) is 1.95. The molecule has 0 bridgehead atoms. The first-order chi connectivity index (χ1) is 12.4. The van der Waals surface area contributed by atoms with Crippen molar-refractivity contribution in [3.05, 3.63) is 64.7 Å². The molecule has 5 heteroatoms. The summed E-state index contributed by atoms with van der Waals surface area (Å²) in [5.41, 5.74) is 5.66. The second kappa shape index (κ2) is 7.40. The third kappa shape index (κ3) is 3.54. The smallest absolute Gasteiger partial charge is 0.307 e. The first-order valence-electron chi connectivity index (χ1n) is 8.16. The molecular weight excluding hydrogens is 348 g/mol. The number of carboxylic acids is 1. The van der Waals surface area contributed by atoms with E-state index >= 15 is 0 Å². The summed E-state index contributed by atoms with van der Waals surface area (Å²) in [6, 6.07) is 13.3. The van der Waals surface area contributed by atoms with E-state index in [0.29, 0.717) is 5.75 Å². The largest absolute Gasteiger partial charge is 0.612 e. The molecule has 1 atom stereocenters. The lowest BCUT2D eigenvalue weighted by molar-refractivity contribution is -0.135. The van der Waals surface area contributed by atoms with Crippen LogP contribution in [0.3, 0.4) is 0 Å². The van der Waals surface area contributed by atoms with Gasteiger partial charge in [0.05, 0.1) is 13.5 Å². The van der Waals surface area contributed by atoms with Crippen LogP contribution in [0.25, 0.3) is 17.2 Å². The summed E-state index contributed by atoms with van der Waals surface area (Å²) >= 11 is -1.01. The maximum atomic E-state index is 11.5. The van der Waals surface area contributed by atoms with Crippen molar-refractivity contribution in [2.75, 3.05) is 13.4 Å². The van der Waals surface area contributed by atoms with Gasteiger partial charge in [0.2, 0.25) is 0 Å². The maximum Gasteiger partial charge on any atom is 0.307 e. The van der Waals surface area contributed by atoms with E-state index in [0.717, 1.165) is 38.3 Å². The molecule has 2 aromatic carbocycles. The molecule has 0 spiro atoms. The van der Waals surface area contributed by atoms with Crippen LogP contribution in [0.2, 0.25) is 0 Å². The Bertz CT molecular complexity index is 908. The molecule has 26 heavy (non-hydrogen) atoms. The summed E-state index contributed by atoms with van der Waals surface area (Å²) in [7, 11) is 1.60. The normalized spacial score (nSPS) is 15.9.